The molecule has 1 aromatic carbocycles. The molecule has 0 radical (unpaired) electrons. The number of nitrogens with two attached hydrogens (primary N) is 2. The Morgan fingerprint density at radius 3 is 1.71 bits per heavy atom. The van der Waals surface area contributed by atoms with Gasteiger partial charge in [0.15, 0.2) is 17.3 Å². The molecule has 4 atom stereocenters. The first-order valence-electron chi connectivity index (χ1n) is 33.7. The van der Waals surface area contributed by atoms with Crippen molar-refractivity contribution in [3.8, 4) is 5.75 Å². The number of benzene rings is 1. The number of Topliss-reactive ketones (excluding diaryl/α,β-unsaturated/α-hetero) is 4. The largest absolute Gasteiger partial charge is 0.508 e. The first kappa shape index (κ1) is 83.8. The van der Waals surface area contributed by atoms with Crippen molar-refractivity contribution in [2.45, 2.75) is 225 Å². The van der Waals surface area contributed by atoms with Crippen molar-refractivity contribution < 1.29 is 77.4 Å². The van der Waals surface area contributed by atoms with Crippen molar-refractivity contribution in [1.82, 2.24) is 26.2 Å². The van der Waals surface area contributed by atoms with E-state index >= 15 is 0 Å². The third kappa shape index (κ3) is 47.7. The predicted octanol–water partition coefficient (Wildman–Crippen LogP) is 7.42. The lowest BCUT2D eigenvalue weighted by Crippen LogP contribution is -2.48. The molecule has 0 aromatic heterocycles. The highest BCUT2D eigenvalue weighted by Gasteiger charge is 2.31. The zero-order valence-electron chi connectivity index (χ0n) is 55.9. The van der Waals surface area contributed by atoms with Crippen LogP contribution in [0.25, 0.3) is 0 Å². The molecule has 0 aliphatic rings. The molecule has 0 saturated carbocycles. The Hall–Kier alpha value is -6.18. The summed E-state index contributed by atoms with van der Waals surface area (Å²) in [7, 11) is 1.67. The van der Waals surface area contributed by atoms with Gasteiger partial charge in [-0.25, -0.2) is 4.79 Å². The van der Waals surface area contributed by atoms with Crippen LogP contribution in [0.5, 0.6) is 5.75 Å². The zero-order valence-corrected chi connectivity index (χ0v) is 55.9. The van der Waals surface area contributed by atoms with Gasteiger partial charge in [-0.2, -0.15) is 0 Å². The van der Waals surface area contributed by atoms with Crippen LogP contribution >= 0.6 is 0 Å². The number of allylic oxidation sites excluding steroid dienone is 1. The smallest absolute Gasteiger partial charge is 0.326 e. The van der Waals surface area contributed by atoms with E-state index in [0.717, 1.165) is 44.1 Å². The average Bonchev–Trinajstić information content (AvgIpc) is 1.13. The Bertz CT molecular complexity index is 2290. The number of amides is 3. The van der Waals surface area contributed by atoms with Gasteiger partial charge in [0.1, 0.15) is 30.8 Å². The van der Waals surface area contributed by atoms with Crippen molar-refractivity contribution >= 4 is 58.6 Å². The second kappa shape index (κ2) is 54.2. The van der Waals surface area contributed by atoms with E-state index in [4.69, 9.17) is 40.9 Å². The third-order valence-electron chi connectivity index (χ3n) is 15.6. The van der Waals surface area contributed by atoms with Crippen molar-refractivity contribution in [1.29, 1.82) is 5.41 Å². The first-order chi connectivity index (χ1) is 44.1. The molecule has 24 heteroatoms. The van der Waals surface area contributed by atoms with Crippen LogP contribution in [-0.2, 0) is 68.5 Å². The van der Waals surface area contributed by atoms with E-state index in [1.54, 1.807) is 24.1 Å². The number of ether oxygens (including phenoxy) is 4. The fourth-order valence-electron chi connectivity index (χ4n) is 10.4. The van der Waals surface area contributed by atoms with E-state index in [1.165, 1.54) is 63.5 Å². The number of primary amides is 1. The number of hydrogen-bond donors (Lipinski definition) is 10. The van der Waals surface area contributed by atoms with Gasteiger partial charge in [0, 0.05) is 69.8 Å². The van der Waals surface area contributed by atoms with E-state index in [1.807, 2.05) is 13.8 Å². The number of nitrogens with one attached hydrogen (secondary N) is 5. The van der Waals surface area contributed by atoms with Crippen LogP contribution in [0.1, 0.15) is 206 Å². The summed E-state index contributed by atoms with van der Waals surface area (Å²) >= 11 is 0. The molecule has 0 spiro atoms. The summed E-state index contributed by atoms with van der Waals surface area (Å²) in [4.78, 5) is 114. The molecule has 0 aliphatic heterocycles. The molecule has 0 fully saturated rings. The molecule has 524 valence electrons. The molecule has 0 aliphatic carbocycles. The van der Waals surface area contributed by atoms with E-state index < -0.39 is 41.9 Å². The molecule has 0 unspecified atom stereocenters. The molecule has 1 aromatic rings. The van der Waals surface area contributed by atoms with E-state index in [0.29, 0.717) is 83.1 Å². The van der Waals surface area contributed by atoms with E-state index in [2.05, 4.69) is 27.8 Å². The van der Waals surface area contributed by atoms with Crippen molar-refractivity contribution in [2.24, 2.45) is 23.3 Å². The number of amidine groups is 1. The maximum absolute atomic E-state index is 14.0. The minimum atomic E-state index is -1.04. The highest BCUT2D eigenvalue weighted by molar-refractivity contribution is 5.91. The van der Waals surface area contributed by atoms with Gasteiger partial charge in [-0.05, 0) is 101 Å². The number of carbonyl (C=O) groups excluding carboxylic acids is 7. The number of unbranched alkanes of at least 4 members (excludes halogenated alkanes) is 15. The Labute approximate surface area is 547 Å². The number of aliphatic carboxylic acids is 2. The van der Waals surface area contributed by atoms with Crippen LogP contribution in [0, 0.1) is 17.2 Å². The average molecular weight is 1300 g/mol. The number of phenolic OH excluding ortho intramolecular Hbond substituents is 1. The van der Waals surface area contributed by atoms with Crippen molar-refractivity contribution in [2.75, 3.05) is 86.1 Å². The van der Waals surface area contributed by atoms with Gasteiger partial charge in [0.25, 0.3) is 0 Å². The maximum Gasteiger partial charge on any atom is 0.326 e. The maximum atomic E-state index is 14.0. The Kier molecular flexibility index (Phi) is 49.4. The second-order valence-corrected chi connectivity index (χ2v) is 24.6. The van der Waals surface area contributed by atoms with Crippen LogP contribution in [0.4, 0.5) is 0 Å². The standard InChI is InChI=1S/C68H116N8O16/c1-51(2)44-57(79)47-74-58(62(81)48-76(4)60(27-19-20-28-63(69)70)61(80)46-54(67(71)86)45-53-30-32-55(77)33-31-53)26-21-22-36-72-65(83)50-92-43-40-89-38-23-25-56(78)49-91-42-41-90-39-37-73-64(82)35-34-59(68(87)88)75-52(3)24-17-15-13-11-9-7-5-6-8-10-12-14-16-18-29-66(84)85/h30-33,51,54,58-60,74-75,77H,3,5-29,34-50H2,1-2,4H3,(H3,69,70)(H2,71,86)(H,72,83)(H,73,82)(H,84,85)(H,87,88)/t54-,58+,59+,60+/m1/s1. The molecule has 0 heterocycles. The Balaban J connectivity index is 2.26. The minimum Gasteiger partial charge on any atom is -0.508 e. The van der Waals surface area contributed by atoms with Crippen molar-refractivity contribution in [3.05, 3.63) is 42.1 Å². The second-order valence-electron chi connectivity index (χ2n) is 24.6. The zero-order chi connectivity index (χ0) is 68.2. The number of carbonyl (C=O) groups is 9. The molecule has 12 N–H and O–H groups in total. The Morgan fingerprint density at radius 1 is 0.565 bits per heavy atom. The highest BCUT2D eigenvalue weighted by atomic mass is 16.5. The van der Waals surface area contributed by atoms with Crippen LogP contribution in [0.3, 0.4) is 0 Å². The highest BCUT2D eigenvalue weighted by Crippen LogP contribution is 2.21. The lowest BCUT2D eigenvalue weighted by molar-refractivity contribution is -0.140. The summed E-state index contributed by atoms with van der Waals surface area (Å²) in [5.41, 5.74) is 12.7. The van der Waals surface area contributed by atoms with Gasteiger partial charge in [-0.3, -0.25) is 48.7 Å². The summed E-state index contributed by atoms with van der Waals surface area (Å²) in [5.74, 6) is -4.23. The van der Waals surface area contributed by atoms with Crippen LogP contribution in [0.15, 0.2) is 36.5 Å². The first-order valence-corrected chi connectivity index (χ1v) is 33.7. The number of ketones is 4. The number of carboxylic acids is 2. The summed E-state index contributed by atoms with van der Waals surface area (Å²) < 4.78 is 21.9. The Morgan fingerprint density at radius 2 is 1.12 bits per heavy atom. The molecular formula is C68H116N8O16. The molecule has 0 bridgehead atoms. The van der Waals surface area contributed by atoms with E-state index in [9.17, 15) is 53.4 Å². The van der Waals surface area contributed by atoms with Gasteiger partial charge in [-0.15, -0.1) is 0 Å². The van der Waals surface area contributed by atoms with Crippen LogP contribution < -0.4 is 32.7 Å². The molecule has 0 saturated heterocycles. The SMILES string of the molecule is C=C(CCCCCCCCCCCCCCCCC(=O)O)N[C@@H](CCC(=O)NCCOCCOCC(=O)CCCOCCOCC(=O)NCCCC[C@H](NCC(=O)CC(C)C)C(=O)CN(C)[C@@H](CCCCC(=N)N)C(=O)C[C@@H](Cc1ccc(O)cc1)C(N)=O)C(=O)O. The van der Waals surface area contributed by atoms with Gasteiger partial charge in [0.05, 0.1) is 64.0 Å². The minimum absolute atomic E-state index is 0.00695. The summed E-state index contributed by atoms with van der Waals surface area (Å²) in [6.45, 7) is 9.36. The van der Waals surface area contributed by atoms with E-state index in [-0.39, 0.29) is 157 Å². The third-order valence-corrected chi connectivity index (χ3v) is 15.6. The number of nitrogens with zero attached hydrogens (tertiary/aromatic N) is 1. The molecule has 24 nitrogen and oxygen atoms in total. The monoisotopic (exact) mass is 1300 g/mol. The molecule has 92 heavy (non-hydrogen) atoms. The molecule has 3 amide bonds. The fraction of sp³-hybridized carbons (Fsp3) is 0.735. The summed E-state index contributed by atoms with van der Waals surface area (Å²) in [5, 5.41) is 47.4. The lowest BCUT2D eigenvalue weighted by Gasteiger charge is -2.29. The number of rotatable bonds is 65. The summed E-state index contributed by atoms with van der Waals surface area (Å²) in [6.07, 6.45) is 21.2. The van der Waals surface area contributed by atoms with Crippen LogP contribution in [0.2, 0.25) is 0 Å². The fourth-order valence-corrected chi connectivity index (χ4v) is 10.4. The normalized spacial score (nSPS) is 12.7. The number of hydrogen-bond acceptors (Lipinski definition) is 18. The van der Waals surface area contributed by atoms with Crippen LogP contribution in [-0.4, -0.2) is 183 Å². The quantitative estimate of drug-likeness (QED) is 0.0172. The number of phenols is 1. The summed E-state index contributed by atoms with van der Waals surface area (Å²) in [6, 6.07) is 3.93. The van der Waals surface area contributed by atoms with Gasteiger partial charge >= 0.3 is 11.9 Å². The van der Waals surface area contributed by atoms with Gasteiger partial charge in [-0.1, -0.05) is 116 Å². The predicted molar refractivity (Wildman–Crippen MR) is 354 cm³/mol. The number of aromatic hydroxyl groups is 1. The topological polar surface area (TPSA) is 378 Å². The van der Waals surface area contributed by atoms with Gasteiger partial charge < -0.3 is 67.0 Å². The molecule has 1 rings (SSSR count). The number of likely N-dealkylation sites (N-methyl/N-ethyl adjacent to an activating group) is 1. The van der Waals surface area contributed by atoms with Crippen molar-refractivity contribution in [3.63, 3.8) is 0 Å². The molecular weight excluding hydrogens is 1180 g/mol. The van der Waals surface area contributed by atoms with Gasteiger partial charge in [0.2, 0.25) is 17.7 Å². The number of carboxylic acid groups (broad SMARTS) is 2. The lowest BCUT2D eigenvalue weighted by atomic mass is 9.89.